The topological polar surface area (TPSA) is 30.2 Å². The minimum Gasteiger partial charge on any atom is -0.250 e. The van der Waals surface area contributed by atoms with Crippen LogP contribution in [0.5, 0.6) is 0 Å². The number of halogens is 1. The second-order valence-corrected chi connectivity index (χ2v) is 5.55. The van der Waals surface area contributed by atoms with E-state index in [0.29, 0.717) is 0 Å². The second-order valence-electron chi connectivity index (χ2n) is 4.33. The zero-order chi connectivity index (χ0) is 13.9. The molecule has 0 saturated carbocycles. The Bertz CT molecular complexity index is 727. The largest absolute Gasteiger partial charge is 0.250 e. The fourth-order valence-electron chi connectivity index (χ4n) is 1.83. The van der Waals surface area contributed by atoms with Crippen LogP contribution < -0.4 is 0 Å². The molecule has 2 aromatic heterocycles. The van der Waals surface area contributed by atoms with Crippen LogP contribution in [0.4, 0.5) is 5.82 Å². The van der Waals surface area contributed by atoms with Crippen LogP contribution in [0.25, 0.3) is 11.3 Å². The van der Waals surface area contributed by atoms with Crippen molar-refractivity contribution in [1.82, 2.24) is 9.78 Å². The van der Waals surface area contributed by atoms with E-state index in [9.17, 15) is 0 Å². The molecule has 0 unspecified atom stereocenters. The lowest BCUT2D eigenvalue weighted by Crippen LogP contribution is -1.90. The van der Waals surface area contributed by atoms with Gasteiger partial charge in [0, 0.05) is 35.5 Å². The number of aliphatic imine (C=N–C) groups is 1. The first kappa shape index (κ1) is 13.1. The van der Waals surface area contributed by atoms with Crippen molar-refractivity contribution in [1.29, 1.82) is 0 Å². The smallest absolute Gasteiger partial charge is 0.150 e. The zero-order valence-electron chi connectivity index (χ0n) is 10.8. The molecule has 20 heavy (non-hydrogen) atoms. The van der Waals surface area contributed by atoms with Crippen molar-refractivity contribution >= 4 is 35.0 Å². The molecule has 2 heterocycles. The van der Waals surface area contributed by atoms with Crippen LogP contribution in [-0.2, 0) is 7.05 Å². The van der Waals surface area contributed by atoms with E-state index in [1.54, 1.807) is 16.0 Å². The molecule has 0 aliphatic heterocycles. The van der Waals surface area contributed by atoms with Crippen molar-refractivity contribution < 1.29 is 0 Å². The molecule has 0 bridgehead atoms. The molecule has 0 atom stereocenters. The van der Waals surface area contributed by atoms with E-state index in [1.165, 1.54) is 0 Å². The van der Waals surface area contributed by atoms with Gasteiger partial charge in [-0.1, -0.05) is 23.7 Å². The van der Waals surface area contributed by atoms with Gasteiger partial charge in [0.15, 0.2) is 5.82 Å². The Labute approximate surface area is 126 Å². The molecule has 0 amide bonds. The maximum absolute atomic E-state index is 5.89. The average Bonchev–Trinajstić information content (AvgIpc) is 3.07. The number of benzene rings is 1. The molecule has 0 radical (unpaired) electrons. The molecular weight excluding hydrogens is 290 g/mol. The highest BCUT2D eigenvalue weighted by Crippen LogP contribution is 2.24. The van der Waals surface area contributed by atoms with Gasteiger partial charge in [0.25, 0.3) is 0 Å². The van der Waals surface area contributed by atoms with Gasteiger partial charge in [-0.2, -0.15) is 16.4 Å². The molecule has 3 rings (SSSR count). The Kier molecular flexibility index (Phi) is 3.67. The Hall–Kier alpha value is -1.91. The predicted molar refractivity (Wildman–Crippen MR) is 85.2 cm³/mol. The predicted octanol–water partition coefficient (Wildman–Crippen LogP) is 4.55. The minimum absolute atomic E-state index is 0.723. The van der Waals surface area contributed by atoms with Crippen LogP contribution in [0, 0.1) is 0 Å². The van der Waals surface area contributed by atoms with Crippen molar-refractivity contribution in [3.63, 3.8) is 0 Å². The van der Waals surface area contributed by atoms with E-state index in [-0.39, 0.29) is 0 Å². The van der Waals surface area contributed by atoms with E-state index in [0.717, 1.165) is 27.7 Å². The summed E-state index contributed by atoms with van der Waals surface area (Å²) in [6.45, 7) is 0. The molecule has 5 heteroatoms. The number of hydrogen-bond acceptors (Lipinski definition) is 3. The van der Waals surface area contributed by atoms with Gasteiger partial charge in [-0.25, -0.2) is 4.99 Å². The number of hydrogen-bond donors (Lipinski definition) is 0. The highest BCUT2D eigenvalue weighted by Gasteiger charge is 2.06. The summed E-state index contributed by atoms with van der Waals surface area (Å²) in [5, 5.41) is 9.28. The van der Waals surface area contributed by atoms with E-state index in [1.807, 2.05) is 55.0 Å². The van der Waals surface area contributed by atoms with Crippen LogP contribution in [0.15, 0.2) is 52.2 Å². The summed E-state index contributed by atoms with van der Waals surface area (Å²) >= 11 is 7.55. The highest BCUT2D eigenvalue weighted by atomic mass is 35.5. The van der Waals surface area contributed by atoms with Crippen molar-refractivity contribution in [3.05, 3.63) is 57.7 Å². The summed E-state index contributed by atoms with van der Waals surface area (Å²) in [5.74, 6) is 0.821. The first-order valence-corrected chi connectivity index (χ1v) is 7.41. The molecule has 0 spiro atoms. The van der Waals surface area contributed by atoms with Gasteiger partial charge in [0.05, 0.1) is 5.69 Å². The maximum atomic E-state index is 5.89. The molecule has 3 nitrogen and oxygen atoms in total. The number of aromatic nitrogens is 2. The van der Waals surface area contributed by atoms with Gasteiger partial charge in [0.1, 0.15) is 0 Å². The fourth-order valence-corrected chi connectivity index (χ4v) is 2.57. The molecule has 1 aromatic carbocycles. The molecule has 0 N–H and O–H groups in total. The van der Waals surface area contributed by atoms with Crippen LogP contribution >= 0.6 is 22.9 Å². The number of aryl methyl sites for hydroxylation is 1. The van der Waals surface area contributed by atoms with Gasteiger partial charge >= 0.3 is 0 Å². The normalized spacial score (nSPS) is 11.3. The van der Waals surface area contributed by atoms with Crippen molar-refractivity contribution in [2.45, 2.75) is 0 Å². The summed E-state index contributed by atoms with van der Waals surface area (Å²) in [6, 6.07) is 11.6. The minimum atomic E-state index is 0.723. The van der Waals surface area contributed by atoms with Gasteiger partial charge in [-0.05, 0) is 29.0 Å². The molecule has 3 aromatic rings. The van der Waals surface area contributed by atoms with Crippen LogP contribution in [0.1, 0.15) is 5.56 Å². The lowest BCUT2D eigenvalue weighted by Gasteiger charge is -1.95. The summed E-state index contributed by atoms with van der Waals surface area (Å²) in [4.78, 5) is 4.47. The number of thiophene rings is 1. The van der Waals surface area contributed by atoms with Gasteiger partial charge in [-0.15, -0.1) is 0 Å². The van der Waals surface area contributed by atoms with E-state index < -0.39 is 0 Å². The Morgan fingerprint density at radius 3 is 2.75 bits per heavy atom. The molecule has 0 fully saturated rings. The first-order valence-electron chi connectivity index (χ1n) is 6.08. The molecular formula is C15H12ClN3S. The standard InChI is InChI=1S/C15H12ClN3S/c1-19-15(17-9-11-6-7-20-10-11)8-14(18-19)12-2-4-13(16)5-3-12/h2-10H,1H3. The second kappa shape index (κ2) is 5.61. The van der Waals surface area contributed by atoms with Gasteiger partial charge in [0.2, 0.25) is 0 Å². The third-order valence-electron chi connectivity index (χ3n) is 2.88. The third-order valence-corrected chi connectivity index (χ3v) is 3.84. The first-order chi connectivity index (χ1) is 9.72. The van der Waals surface area contributed by atoms with Crippen LogP contribution in [0.3, 0.4) is 0 Å². The summed E-state index contributed by atoms with van der Waals surface area (Å²) in [7, 11) is 1.89. The van der Waals surface area contributed by atoms with E-state index >= 15 is 0 Å². The van der Waals surface area contributed by atoms with Crippen molar-refractivity contribution in [3.8, 4) is 11.3 Å². The highest BCUT2D eigenvalue weighted by molar-refractivity contribution is 7.08. The molecule has 0 saturated heterocycles. The number of rotatable bonds is 3. The maximum Gasteiger partial charge on any atom is 0.150 e. The van der Waals surface area contributed by atoms with Crippen LogP contribution in [-0.4, -0.2) is 16.0 Å². The van der Waals surface area contributed by atoms with E-state index in [4.69, 9.17) is 11.6 Å². The molecule has 100 valence electrons. The Morgan fingerprint density at radius 1 is 1.25 bits per heavy atom. The quantitative estimate of drug-likeness (QED) is 0.653. The lowest BCUT2D eigenvalue weighted by atomic mass is 10.1. The average molecular weight is 302 g/mol. The van der Waals surface area contributed by atoms with Crippen molar-refractivity contribution in [2.24, 2.45) is 12.0 Å². The van der Waals surface area contributed by atoms with Crippen molar-refractivity contribution in [2.75, 3.05) is 0 Å². The fraction of sp³-hybridized carbons (Fsp3) is 0.0667. The summed E-state index contributed by atoms with van der Waals surface area (Å²) in [6.07, 6.45) is 1.85. The lowest BCUT2D eigenvalue weighted by molar-refractivity contribution is 0.774. The zero-order valence-corrected chi connectivity index (χ0v) is 12.4. The SMILES string of the molecule is Cn1nc(-c2ccc(Cl)cc2)cc1N=Cc1ccsc1. The summed E-state index contributed by atoms with van der Waals surface area (Å²) < 4.78 is 1.77. The van der Waals surface area contributed by atoms with Crippen LogP contribution in [0.2, 0.25) is 5.02 Å². The Morgan fingerprint density at radius 2 is 2.05 bits per heavy atom. The number of nitrogens with zero attached hydrogens (tertiary/aromatic N) is 3. The summed E-state index contributed by atoms with van der Waals surface area (Å²) in [5.41, 5.74) is 3.02. The monoisotopic (exact) mass is 301 g/mol. The third kappa shape index (κ3) is 2.81. The Balaban J connectivity index is 1.89. The van der Waals surface area contributed by atoms with Gasteiger partial charge in [-0.3, -0.25) is 4.68 Å². The van der Waals surface area contributed by atoms with Gasteiger partial charge < -0.3 is 0 Å². The molecule has 0 aliphatic rings. The van der Waals surface area contributed by atoms with E-state index in [2.05, 4.69) is 15.5 Å². The molecule has 0 aliphatic carbocycles.